The van der Waals surface area contributed by atoms with E-state index in [1.807, 2.05) is 28.8 Å². The number of rotatable bonds is 8. The van der Waals surface area contributed by atoms with Gasteiger partial charge in [0, 0.05) is 54.7 Å². The number of benzene rings is 1. The van der Waals surface area contributed by atoms with Gasteiger partial charge >= 0.3 is 5.97 Å². The summed E-state index contributed by atoms with van der Waals surface area (Å²) < 4.78 is 33.9. The van der Waals surface area contributed by atoms with Crippen molar-refractivity contribution in [3.8, 4) is 6.07 Å². The van der Waals surface area contributed by atoms with E-state index in [2.05, 4.69) is 11.1 Å². The summed E-state index contributed by atoms with van der Waals surface area (Å²) in [6, 6.07) is 12.5. The summed E-state index contributed by atoms with van der Waals surface area (Å²) in [5.74, 6) is -1.29. The van der Waals surface area contributed by atoms with Crippen LogP contribution in [0.1, 0.15) is 29.6 Å². The second kappa shape index (κ2) is 10.2. The maximum absolute atomic E-state index is 12.8. The molecule has 0 bridgehead atoms. The summed E-state index contributed by atoms with van der Waals surface area (Å²) in [6.45, 7) is 0.457. The number of hydrogen-bond acceptors (Lipinski definition) is 7. The second-order valence-electron chi connectivity index (χ2n) is 8.06. The van der Waals surface area contributed by atoms with E-state index >= 15 is 0 Å². The first kappa shape index (κ1) is 23.6. The van der Waals surface area contributed by atoms with Gasteiger partial charge in [-0.1, -0.05) is 18.2 Å². The van der Waals surface area contributed by atoms with E-state index in [1.54, 1.807) is 12.3 Å². The third-order valence-electron chi connectivity index (χ3n) is 5.96. The fraction of sp³-hybridized carbons (Fsp3) is 0.333. The van der Waals surface area contributed by atoms with Crippen molar-refractivity contribution in [2.45, 2.75) is 30.7 Å². The van der Waals surface area contributed by atoms with Gasteiger partial charge in [0.15, 0.2) is 6.61 Å². The minimum absolute atomic E-state index is 0.121. The van der Waals surface area contributed by atoms with Crippen LogP contribution in [0, 0.1) is 17.2 Å². The zero-order valence-corrected chi connectivity index (χ0v) is 19.3. The molecule has 0 spiro atoms. The van der Waals surface area contributed by atoms with Gasteiger partial charge in [-0.05, 0) is 31.0 Å². The van der Waals surface area contributed by atoms with Crippen LogP contribution in [0.25, 0.3) is 10.9 Å². The van der Waals surface area contributed by atoms with Gasteiger partial charge in [0.05, 0.1) is 18.4 Å². The van der Waals surface area contributed by atoms with Crippen molar-refractivity contribution >= 4 is 32.7 Å². The van der Waals surface area contributed by atoms with Gasteiger partial charge in [-0.25, -0.2) is 8.42 Å². The Hall–Kier alpha value is -3.55. The highest BCUT2D eigenvalue weighted by Crippen LogP contribution is 2.25. The molecule has 10 heteroatoms. The summed E-state index contributed by atoms with van der Waals surface area (Å²) >= 11 is 0. The fourth-order valence-corrected chi connectivity index (χ4v) is 5.57. The third kappa shape index (κ3) is 4.85. The first-order valence-electron chi connectivity index (χ1n) is 11.0. The predicted molar refractivity (Wildman–Crippen MR) is 123 cm³/mol. The van der Waals surface area contributed by atoms with Gasteiger partial charge in [-0.15, -0.1) is 0 Å². The van der Waals surface area contributed by atoms with Crippen LogP contribution >= 0.6 is 0 Å². The highest BCUT2D eigenvalue weighted by Gasteiger charge is 2.33. The Morgan fingerprint density at radius 2 is 1.91 bits per heavy atom. The van der Waals surface area contributed by atoms with Crippen LogP contribution in [0.5, 0.6) is 0 Å². The van der Waals surface area contributed by atoms with E-state index in [1.165, 1.54) is 22.8 Å². The van der Waals surface area contributed by atoms with Crippen molar-refractivity contribution in [3.63, 3.8) is 0 Å². The highest BCUT2D eigenvalue weighted by atomic mass is 32.2. The Labute approximate surface area is 197 Å². The molecule has 1 saturated heterocycles. The van der Waals surface area contributed by atoms with Gasteiger partial charge in [0.25, 0.3) is 0 Å². The predicted octanol–water partition coefficient (Wildman–Crippen LogP) is 2.78. The van der Waals surface area contributed by atoms with Crippen molar-refractivity contribution in [2.75, 3.05) is 19.7 Å². The van der Waals surface area contributed by atoms with Crippen LogP contribution in [-0.4, -0.2) is 53.7 Å². The zero-order chi connectivity index (χ0) is 24.1. The van der Waals surface area contributed by atoms with E-state index < -0.39 is 21.9 Å². The molecule has 2 aromatic heterocycles. The minimum Gasteiger partial charge on any atom is -0.457 e. The topological polar surface area (TPSA) is 122 Å². The number of aromatic nitrogens is 2. The van der Waals surface area contributed by atoms with Gasteiger partial charge in [0.1, 0.15) is 4.90 Å². The number of sulfonamides is 1. The SMILES string of the molecule is N#CCCn1cc(C(=O)COC(=O)C2CCN(S(=O)(=O)c3cccnc3)CC2)c2ccccc21. The lowest BCUT2D eigenvalue weighted by Crippen LogP contribution is -2.40. The number of Topliss-reactive ketones (excluding diaryl/α,β-unsaturated/α-hetero) is 1. The molecule has 1 aliphatic rings. The zero-order valence-electron chi connectivity index (χ0n) is 18.5. The molecule has 1 aromatic carbocycles. The van der Waals surface area contributed by atoms with Gasteiger partial charge in [-0.3, -0.25) is 14.6 Å². The molecule has 1 fully saturated rings. The number of carbonyl (C=O) groups excluding carboxylic acids is 2. The van der Waals surface area contributed by atoms with E-state index in [0.29, 0.717) is 31.4 Å². The van der Waals surface area contributed by atoms with E-state index in [4.69, 9.17) is 10.00 Å². The van der Waals surface area contributed by atoms with Crippen molar-refractivity contribution in [1.82, 2.24) is 13.9 Å². The minimum atomic E-state index is -3.66. The monoisotopic (exact) mass is 480 g/mol. The lowest BCUT2D eigenvalue weighted by Gasteiger charge is -2.29. The molecule has 0 aliphatic carbocycles. The lowest BCUT2D eigenvalue weighted by molar-refractivity contribution is -0.148. The molecule has 9 nitrogen and oxygen atoms in total. The molecule has 3 heterocycles. The summed E-state index contributed by atoms with van der Waals surface area (Å²) in [5, 5.41) is 9.62. The maximum atomic E-state index is 12.8. The number of ether oxygens (including phenoxy) is 1. The number of para-hydroxylation sites is 1. The molecule has 0 radical (unpaired) electrons. The molecule has 0 amide bonds. The van der Waals surface area contributed by atoms with Crippen molar-refractivity contribution in [2.24, 2.45) is 5.92 Å². The molecule has 0 N–H and O–H groups in total. The number of ketones is 1. The number of hydrogen-bond donors (Lipinski definition) is 0. The number of nitrogens with zero attached hydrogens (tertiary/aromatic N) is 4. The third-order valence-corrected chi connectivity index (χ3v) is 7.84. The summed E-state index contributed by atoms with van der Waals surface area (Å²) in [5.41, 5.74) is 1.29. The van der Waals surface area contributed by atoms with Crippen LogP contribution < -0.4 is 0 Å². The molecule has 176 valence electrons. The van der Waals surface area contributed by atoms with E-state index in [0.717, 1.165) is 10.9 Å². The second-order valence-corrected chi connectivity index (χ2v) is 10.00. The number of fused-ring (bicyclic) bond motifs is 1. The molecule has 3 aromatic rings. The average Bonchev–Trinajstić information content (AvgIpc) is 3.25. The fourth-order valence-electron chi connectivity index (χ4n) is 4.14. The molecule has 0 saturated carbocycles. The smallest absolute Gasteiger partial charge is 0.309 e. The van der Waals surface area contributed by atoms with Crippen LogP contribution in [0.3, 0.4) is 0 Å². The van der Waals surface area contributed by atoms with Gasteiger partial charge in [-0.2, -0.15) is 9.57 Å². The summed E-state index contributed by atoms with van der Waals surface area (Å²) in [6.07, 6.45) is 5.46. The van der Waals surface area contributed by atoms with E-state index in [-0.39, 0.29) is 30.4 Å². The number of piperidine rings is 1. The number of pyridine rings is 1. The standard InChI is InChI=1S/C24H24N4O5S/c25-10-4-12-27-16-21(20-6-1-2-7-22(20)27)23(29)17-33-24(30)18-8-13-28(14-9-18)34(31,32)19-5-3-11-26-15-19/h1-3,5-7,11,15-16,18H,4,8-9,12-14,17H2. The maximum Gasteiger partial charge on any atom is 0.309 e. The Balaban J connectivity index is 1.35. The van der Waals surface area contributed by atoms with Crippen molar-refractivity contribution in [3.05, 3.63) is 60.6 Å². The molecule has 34 heavy (non-hydrogen) atoms. The number of carbonyl (C=O) groups is 2. The average molecular weight is 481 g/mol. The Morgan fingerprint density at radius 1 is 1.15 bits per heavy atom. The first-order valence-corrected chi connectivity index (χ1v) is 12.4. The first-order chi connectivity index (χ1) is 16.4. The normalized spacial score (nSPS) is 15.1. The van der Waals surface area contributed by atoms with Crippen LogP contribution in [0.4, 0.5) is 0 Å². The number of nitriles is 1. The quantitative estimate of drug-likeness (QED) is 0.359. The van der Waals surface area contributed by atoms with Crippen LogP contribution in [-0.2, 0) is 26.1 Å². The Bertz CT molecular complexity index is 1340. The Morgan fingerprint density at radius 3 is 2.62 bits per heavy atom. The molecular formula is C24H24N4O5S. The van der Waals surface area contributed by atoms with Crippen LogP contribution in [0.2, 0.25) is 0 Å². The largest absolute Gasteiger partial charge is 0.457 e. The van der Waals surface area contributed by atoms with E-state index in [9.17, 15) is 18.0 Å². The number of aryl methyl sites for hydroxylation is 1. The number of esters is 1. The van der Waals surface area contributed by atoms with Crippen molar-refractivity contribution in [1.29, 1.82) is 5.26 Å². The molecular weight excluding hydrogens is 456 g/mol. The van der Waals surface area contributed by atoms with Gasteiger partial charge < -0.3 is 9.30 Å². The van der Waals surface area contributed by atoms with Crippen LogP contribution in [0.15, 0.2) is 59.9 Å². The Kier molecular flexibility index (Phi) is 7.05. The summed E-state index contributed by atoms with van der Waals surface area (Å²) in [4.78, 5) is 29.4. The van der Waals surface area contributed by atoms with Gasteiger partial charge in [0.2, 0.25) is 15.8 Å². The highest BCUT2D eigenvalue weighted by molar-refractivity contribution is 7.89. The molecule has 1 aliphatic heterocycles. The molecule has 0 atom stereocenters. The summed E-state index contributed by atoms with van der Waals surface area (Å²) in [7, 11) is -3.66. The molecule has 4 rings (SSSR count). The molecule has 0 unspecified atom stereocenters. The lowest BCUT2D eigenvalue weighted by atomic mass is 9.98. The van der Waals surface area contributed by atoms with Crippen molar-refractivity contribution < 1.29 is 22.7 Å².